The SMILES string of the molecule is O=CC1CC(N2CCc3ccccc32)C1. The van der Waals surface area contributed by atoms with Crippen molar-refractivity contribution in [2.24, 2.45) is 5.92 Å². The molecule has 78 valence electrons. The summed E-state index contributed by atoms with van der Waals surface area (Å²) in [5, 5.41) is 0. The number of rotatable bonds is 2. The minimum Gasteiger partial charge on any atom is -0.368 e. The lowest BCUT2D eigenvalue weighted by atomic mass is 9.80. The molecule has 1 aromatic rings. The van der Waals surface area contributed by atoms with Crippen molar-refractivity contribution in [3.63, 3.8) is 0 Å². The van der Waals surface area contributed by atoms with Gasteiger partial charge in [0.1, 0.15) is 6.29 Å². The molecule has 0 amide bonds. The van der Waals surface area contributed by atoms with E-state index in [1.165, 1.54) is 17.7 Å². The van der Waals surface area contributed by atoms with Crippen molar-refractivity contribution < 1.29 is 4.79 Å². The molecule has 2 aliphatic rings. The molecule has 1 aliphatic heterocycles. The maximum absolute atomic E-state index is 10.6. The highest BCUT2D eigenvalue weighted by Crippen LogP contribution is 2.37. The summed E-state index contributed by atoms with van der Waals surface area (Å²) in [6.45, 7) is 1.13. The summed E-state index contributed by atoms with van der Waals surface area (Å²) in [7, 11) is 0. The van der Waals surface area contributed by atoms with Crippen molar-refractivity contribution >= 4 is 12.0 Å². The minimum absolute atomic E-state index is 0.322. The fourth-order valence-corrected chi connectivity index (χ4v) is 2.74. The first-order valence-corrected chi connectivity index (χ1v) is 5.68. The highest BCUT2D eigenvalue weighted by atomic mass is 16.1. The molecule has 0 N–H and O–H groups in total. The zero-order chi connectivity index (χ0) is 10.3. The molecular formula is C13H15NO. The van der Waals surface area contributed by atoms with Crippen molar-refractivity contribution in [3.05, 3.63) is 29.8 Å². The van der Waals surface area contributed by atoms with E-state index < -0.39 is 0 Å². The molecule has 1 saturated carbocycles. The maximum atomic E-state index is 10.6. The Hall–Kier alpha value is -1.31. The third-order valence-electron chi connectivity index (χ3n) is 3.71. The molecule has 15 heavy (non-hydrogen) atoms. The summed E-state index contributed by atoms with van der Waals surface area (Å²) in [5.41, 5.74) is 2.86. The largest absolute Gasteiger partial charge is 0.368 e. The number of carbonyl (C=O) groups is 1. The van der Waals surface area contributed by atoms with Gasteiger partial charge in [0, 0.05) is 24.2 Å². The van der Waals surface area contributed by atoms with Crippen LogP contribution in [0.1, 0.15) is 18.4 Å². The number of nitrogens with zero attached hydrogens (tertiary/aromatic N) is 1. The predicted molar refractivity (Wildman–Crippen MR) is 60.1 cm³/mol. The molecule has 3 rings (SSSR count). The molecule has 0 saturated heterocycles. The molecule has 1 heterocycles. The number of aldehydes is 1. The van der Waals surface area contributed by atoms with Gasteiger partial charge in [0.25, 0.3) is 0 Å². The molecule has 1 aromatic carbocycles. The van der Waals surface area contributed by atoms with Gasteiger partial charge in [-0.25, -0.2) is 0 Å². The Morgan fingerprint density at radius 2 is 2.07 bits per heavy atom. The Morgan fingerprint density at radius 1 is 1.27 bits per heavy atom. The van der Waals surface area contributed by atoms with Crippen LogP contribution in [0.5, 0.6) is 0 Å². The summed E-state index contributed by atoms with van der Waals surface area (Å²) in [5.74, 6) is 0.322. The van der Waals surface area contributed by atoms with Gasteiger partial charge < -0.3 is 9.69 Å². The lowest BCUT2D eigenvalue weighted by Crippen LogP contribution is -2.44. The van der Waals surface area contributed by atoms with Gasteiger partial charge in [-0.05, 0) is 30.9 Å². The zero-order valence-corrected chi connectivity index (χ0v) is 8.73. The van der Waals surface area contributed by atoms with Gasteiger partial charge in [0.2, 0.25) is 0 Å². The molecule has 0 atom stereocenters. The van der Waals surface area contributed by atoms with Gasteiger partial charge in [-0.2, -0.15) is 0 Å². The van der Waals surface area contributed by atoms with Gasteiger partial charge in [-0.3, -0.25) is 0 Å². The second-order valence-corrected chi connectivity index (χ2v) is 4.59. The van der Waals surface area contributed by atoms with Crippen LogP contribution in [0, 0.1) is 5.92 Å². The molecule has 0 radical (unpaired) electrons. The van der Waals surface area contributed by atoms with Crippen molar-refractivity contribution in [1.82, 2.24) is 0 Å². The molecular weight excluding hydrogens is 186 g/mol. The standard InChI is InChI=1S/C13H15NO/c15-9-10-7-12(8-10)14-6-5-11-3-1-2-4-13(11)14/h1-4,9-10,12H,5-8H2. The average molecular weight is 201 g/mol. The van der Waals surface area contributed by atoms with Crippen LogP contribution in [-0.4, -0.2) is 18.9 Å². The third kappa shape index (κ3) is 1.36. The lowest BCUT2D eigenvalue weighted by molar-refractivity contribution is -0.113. The average Bonchev–Trinajstić information content (AvgIpc) is 2.61. The van der Waals surface area contributed by atoms with E-state index in [0.29, 0.717) is 12.0 Å². The summed E-state index contributed by atoms with van der Waals surface area (Å²) >= 11 is 0. The number of anilines is 1. The van der Waals surface area contributed by atoms with Crippen molar-refractivity contribution in [2.75, 3.05) is 11.4 Å². The second kappa shape index (κ2) is 3.37. The molecule has 2 heteroatoms. The van der Waals surface area contributed by atoms with Crippen LogP contribution < -0.4 is 4.90 Å². The Morgan fingerprint density at radius 3 is 2.87 bits per heavy atom. The number of fused-ring (bicyclic) bond motifs is 1. The van der Waals surface area contributed by atoms with E-state index in [9.17, 15) is 4.79 Å². The first kappa shape index (κ1) is 8.96. The van der Waals surface area contributed by atoms with Crippen molar-refractivity contribution in [3.8, 4) is 0 Å². The highest BCUT2D eigenvalue weighted by molar-refractivity contribution is 5.61. The molecule has 1 aliphatic carbocycles. The topological polar surface area (TPSA) is 20.3 Å². The van der Waals surface area contributed by atoms with Crippen LogP contribution in [-0.2, 0) is 11.2 Å². The van der Waals surface area contributed by atoms with Gasteiger partial charge in [0.05, 0.1) is 0 Å². The van der Waals surface area contributed by atoms with Crippen molar-refractivity contribution in [2.45, 2.75) is 25.3 Å². The zero-order valence-electron chi connectivity index (χ0n) is 8.73. The predicted octanol–water partition coefficient (Wildman–Crippen LogP) is 2.03. The molecule has 0 bridgehead atoms. The van der Waals surface area contributed by atoms with Crippen LogP contribution in [0.25, 0.3) is 0 Å². The van der Waals surface area contributed by atoms with Crippen LogP contribution in [0.3, 0.4) is 0 Å². The monoisotopic (exact) mass is 201 g/mol. The van der Waals surface area contributed by atoms with Gasteiger partial charge in [0.15, 0.2) is 0 Å². The molecule has 2 nitrogen and oxygen atoms in total. The number of benzene rings is 1. The van der Waals surface area contributed by atoms with E-state index in [4.69, 9.17) is 0 Å². The van der Waals surface area contributed by atoms with Crippen LogP contribution >= 0.6 is 0 Å². The Kier molecular flexibility index (Phi) is 2.01. The van der Waals surface area contributed by atoms with Crippen LogP contribution in [0.4, 0.5) is 5.69 Å². The third-order valence-corrected chi connectivity index (χ3v) is 3.71. The summed E-state index contributed by atoms with van der Waals surface area (Å²) < 4.78 is 0. The number of hydrogen-bond acceptors (Lipinski definition) is 2. The normalized spacial score (nSPS) is 28.4. The fraction of sp³-hybridized carbons (Fsp3) is 0.462. The van der Waals surface area contributed by atoms with Gasteiger partial charge >= 0.3 is 0 Å². The molecule has 0 aromatic heterocycles. The van der Waals surface area contributed by atoms with E-state index in [1.807, 2.05) is 0 Å². The number of para-hydroxylation sites is 1. The summed E-state index contributed by atoms with van der Waals surface area (Å²) in [4.78, 5) is 13.1. The fourth-order valence-electron chi connectivity index (χ4n) is 2.74. The van der Waals surface area contributed by atoms with Gasteiger partial charge in [-0.1, -0.05) is 18.2 Å². The minimum atomic E-state index is 0.322. The Labute approximate surface area is 89.9 Å². The molecule has 0 spiro atoms. The first-order chi connectivity index (χ1) is 7.38. The Balaban J connectivity index is 1.78. The van der Waals surface area contributed by atoms with E-state index in [-0.39, 0.29) is 0 Å². The Bertz CT molecular complexity index is 382. The van der Waals surface area contributed by atoms with E-state index in [1.54, 1.807) is 0 Å². The number of hydrogen-bond donors (Lipinski definition) is 0. The van der Waals surface area contributed by atoms with E-state index >= 15 is 0 Å². The smallest absolute Gasteiger partial charge is 0.123 e. The lowest BCUT2D eigenvalue weighted by Gasteiger charge is -2.40. The second-order valence-electron chi connectivity index (χ2n) is 4.59. The summed E-state index contributed by atoms with van der Waals surface area (Å²) in [6.07, 6.45) is 4.38. The van der Waals surface area contributed by atoms with Crippen LogP contribution in [0.15, 0.2) is 24.3 Å². The van der Waals surface area contributed by atoms with E-state index in [0.717, 1.165) is 25.7 Å². The maximum Gasteiger partial charge on any atom is 0.123 e. The van der Waals surface area contributed by atoms with Crippen LogP contribution in [0.2, 0.25) is 0 Å². The molecule has 0 unspecified atom stereocenters. The first-order valence-electron chi connectivity index (χ1n) is 5.68. The summed E-state index contributed by atoms with van der Waals surface area (Å²) in [6, 6.07) is 9.25. The number of carbonyl (C=O) groups excluding carboxylic acids is 1. The van der Waals surface area contributed by atoms with E-state index in [2.05, 4.69) is 29.2 Å². The highest BCUT2D eigenvalue weighted by Gasteiger charge is 2.35. The quantitative estimate of drug-likeness (QED) is 0.682. The van der Waals surface area contributed by atoms with Gasteiger partial charge in [-0.15, -0.1) is 0 Å². The molecule has 1 fully saturated rings. The van der Waals surface area contributed by atoms with Crippen molar-refractivity contribution in [1.29, 1.82) is 0 Å².